The summed E-state index contributed by atoms with van der Waals surface area (Å²) in [5, 5.41) is 6.38. The van der Waals surface area contributed by atoms with E-state index in [1.807, 2.05) is 31.3 Å². The zero-order chi connectivity index (χ0) is 14.7. The second-order valence-corrected chi connectivity index (χ2v) is 5.40. The van der Waals surface area contributed by atoms with Crippen LogP contribution >= 0.6 is 0 Å². The first-order chi connectivity index (χ1) is 10.2. The van der Waals surface area contributed by atoms with E-state index in [4.69, 9.17) is 0 Å². The lowest BCUT2D eigenvalue weighted by molar-refractivity contribution is -0.119. The van der Waals surface area contributed by atoms with Crippen LogP contribution in [0.5, 0.6) is 0 Å². The van der Waals surface area contributed by atoms with Crippen molar-refractivity contribution in [2.24, 2.45) is 0 Å². The van der Waals surface area contributed by atoms with Crippen molar-refractivity contribution in [3.63, 3.8) is 0 Å². The minimum atomic E-state index is 0.159. The molecule has 3 rings (SSSR count). The Morgan fingerprint density at radius 3 is 2.90 bits per heavy atom. The first-order valence-corrected chi connectivity index (χ1v) is 7.33. The number of aromatic nitrogens is 2. The molecule has 1 aromatic heterocycles. The van der Waals surface area contributed by atoms with E-state index in [9.17, 15) is 4.79 Å². The summed E-state index contributed by atoms with van der Waals surface area (Å²) >= 11 is 0. The molecule has 0 bridgehead atoms. The molecular formula is C16H20N4O. The van der Waals surface area contributed by atoms with E-state index in [0.29, 0.717) is 6.42 Å². The molecule has 0 saturated carbocycles. The van der Waals surface area contributed by atoms with E-state index in [1.54, 1.807) is 0 Å². The molecule has 2 heterocycles. The van der Waals surface area contributed by atoms with E-state index >= 15 is 0 Å². The van der Waals surface area contributed by atoms with Crippen LogP contribution < -0.4 is 10.6 Å². The minimum absolute atomic E-state index is 0.159. The highest BCUT2D eigenvalue weighted by Gasteiger charge is 2.20. The number of aryl methyl sites for hydroxylation is 1. The molecule has 0 spiro atoms. The van der Waals surface area contributed by atoms with Crippen LogP contribution in [0, 0.1) is 6.92 Å². The number of carbonyl (C=O) groups excluding carboxylic acids is 1. The SMILES string of the molecule is Cc1ncc(CNCC2CCC(=O)N2)n1-c1ccccc1. The molecule has 1 saturated heterocycles. The molecule has 1 unspecified atom stereocenters. The molecule has 0 radical (unpaired) electrons. The molecule has 1 atom stereocenters. The van der Waals surface area contributed by atoms with E-state index in [1.165, 1.54) is 0 Å². The van der Waals surface area contributed by atoms with Crippen molar-refractivity contribution >= 4 is 5.91 Å². The first-order valence-electron chi connectivity index (χ1n) is 7.33. The summed E-state index contributed by atoms with van der Waals surface area (Å²) in [6, 6.07) is 10.5. The fraction of sp³-hybridized carbons (Fsp3) is 0.375. The Balaban J connectivity index is 1.65. The van der Waals surface area contributed by atoms with Gasteiger partial charge in [0.1, 0.15) is 5.82 Å². The van der Waals surface area contributed by atoms with E-state index in [0.717, 1.165) is 36.7 Å². The van der Waals surface area contributed by atoms with Gasteiger partial charge in [-0.3, -0.25) is 9.36 Å². The molecule has 1 amide bonds. The number of amides is 1. The molecule has 5 nitrogen and oxygen atoms in total. The summed E-state index contributed by atoms with van der Waals surface area (Å²) in [7, 11) is 0. The number of carbonyl (C=O) groups is 1. The molecule has 2 aromatic rings. The average Bonchev–Trinajstić information content (AvgIpc) is 3.06. The number of rotatable bonds is 5. The summed E-state index contributed by atoms with van der Waals surface area (Å²) in [6.07, 6.45) is 3.47. The molecule has 1 aromatic carbocycles. The predicted octanol–water partition coefficient (Wildman–Crippen LogP) is 1.55. The molecular weight excluding hydrogens is 264 g/mol. The van der Waals surface area contributed by atoms with Crippen LogP contribution in [0.1, 0.15) is 24.4 Å². The quantitative estimate of drug-likeness (QED) is 0.876. The van der Waals surface area contributed by atoms with Crippen molar-refractivity contribution in [2.45, 2.75) is 32.4 Å². The number of benzene rings is 1. The third-order valence-electron chi connectivity index (χ3n) is 3.81. The highest BCUT2D eigenvalue weighted by atomic mass is 16.1. The van der Waals surface area contributed by atoms with Crippen LogP contribution in [0.4, 0.5) is 0 Å². The van der Waals surface area contributed by atoms with Crippen LogP contribution in [-0.2, 0) is 11.3 Å². The molecule has 21 heavy (non-hydrogen) atoms. The Bertz CT molecular complexity index is 620. The van der Waals surface area contributed by atoms with Crippen LogP contribution in [-0.4, -0.2) is 28.0 Å². The summed E-state index contributed by atoms with van der Waals surface area (Å²) in [4.78, 5) is 15.6. The van der Waals surface area contributed by atoms with Crippen molar-refractivity contribution < 1.29 is 4.79 Å². The highest BCUT2D eigenvalue weighted by Crippen LogP contribution is 2.14. The molecule has 110 valence electrons. The fourth-order valence-electron chi connectivity index (χ4n) is 2.75. The summed E-state index contributed by atoms with van der Waals surface area (Å²) < 4.78 is 2.15. The van der Waals surface area contributed by atoms with Gasteiger partial charge < -0.3 is 10.6 Å². The van der Waals surface area contributed by atoms with Gasteiger partial charge in [0, 0.05) is 31.2 Å². The van der Waals surface area contributed by atoms with E-state index in [2.05, 4.69) is 32.3 Å². The third-order valence-corrected chi connectivity index (χ3v) is 3.81. The van der Waals surface area contributed by atoms with Gasteiger partial charge in [0.2, 0.25) is 5.91 Å². The molecule has 5 heteroatoms. The average molecular weight is 284 g/mol. The lowest BCUT2D eigenvalue weighted by atomic mass is 10.2. The van der Waals surface area contributed by atoms with Crippen molar-refractivity contribution in [3.8, 4) is 5.69 Å². The number of hydrogen-bond donors (Lipinski definition) is 2. The van der Waals surface area contributed by atoms with Crippen LogP contribution in [0.3, 0.4) is 0 Å². The summed E-state index contributed by atoms with van der Waals surface area (Å²) in [6.45, 7) is 3.54. The summed E-state index contributed by atoms with van der Waals surface area (Å²) in [5.41, 5.74) is 2.25. The van der Waals surface area contributed by atoms with Crippen molar-refractivity contribution in [1.29, 1.82) is 0 Å². The van der Waals surface area contributed by atoms with Gasteiger partial charge >= 0.3 is 0 Å². The van der Waals surface area contributed by atoms with Crippen LogP contribution in [0.2, 0.25) is 0 Å². The normalized spacial score (nSPS) is 18.0. The first kappa shape index (κ1) is 13.8. The fourth-order valence-corrected chi connectivity index (χ4v) is 2.75. The van der Waals surface area contributed by atoms with Gasteiger partial charge in [0.05, 0.1) is 11.9 Å². The van der Waals surface area contributed by atoms with Crippen molar-refractivity contribution in [2.75, 3.05) is 6.54 Å². The monoisotopic (exact) mass is 284 g/mol. The van der Waals surface area contributed by atoms with Crippen molar-refractivity contribution in [1.82, 2.24) is 20.2 Å². The van der Waals surface area contributed by atoms with Gasteiger partial charge in [-0.25, -0.2) is 4.98 Å². The van der Waals surface area contributed by atoms with E-state index < -0.39 is 0 Å². The van der Waals surface area contributed by atoms with Gasteiger partial charge in [-0.2, -0.15) is 0 Å². The Morgan fingerprint density at radius 1 is 1.38 bits per heavy atom. The maximum Gasteiger partial charge on any atom is 0.220 e. The number of imidazole rings is 1. The highest BCUT2D eigenvalue weighted by molar-refractivity contribution is 5.78. The molecule has 1 aliphatic rings. The number of hydrogen-bond acceptors (Lipinski definition) is 3. The minimum Gasteiger partial charge on any atom is -0.352 e. The molecule has 2 N–H and O–H groups in total. The van der Waals surface area contributed by atoms with Crippen LogP contribution in [0.25, 0.3) is 5.69 Å². The second kappa shape index (κ2) is 6.10. The molecule has 1 fully saturated rings. The third kappa shape index (κ3) is 3.13. The van der Waals surface area contributed by atoms with Crippen LogP contribution in [0.15, 0.2) is 36.5 Å². The maximum absolute atomic E-state index is 11.2. The Labute approximate surface area is 124 Å². The Hall–Kier alpha value is -2.14. The number of nitrogens with zero attached hydrogens (tertiary/aromatic N) is 2. The largest absolute Gasteiger partial charge is 0.352 e. The van der Waals surface area contributed by atoms with E-state index in [-0.39, 0.29) is 11.9 Å². The Morgan fingerprint density at radius 2 is 2.19 bits per heavy atom. The predicted molar refractivity (Wildman–Crippen MR) is 81.2 cm³/mol. The maximum atomic E-state index is 11.2. The Kier molecular flexibility index (Phi) is 4.01. The zero-order valence-corrected chi connectivity index (χ0v) is 12.2. The smallest absolute Gasteiger partial charge is 0.220 e. The van der Waals surface area contributed by atoms with Gasteiger partial charge in [-0.1, -0.05) is 18.2 Å². The van der Waals surface area contributed by atoms with Gasteiger partial charge in [0.25, 0.3) is 0 Å². The second-order valence-electron chi connectivity index (χ2n) is 5.40. The van der Waals surface area contributed by atoms with Gasteiger partial charge in [0.15, 0.2) is 0 Å². The zero-order valence-electron chi connectivity index (χ0n) is 12.2. The topological polar surface area (TPSA) is 59.0 Å². The lowest BCUT2D eigenvalue weighted by Crippen LogP contribution is -2.35. The summed E-state index contributed by atoms with van der Waals surface area (Å²) in [5.74, 6) is 1.14. The number of nitrogens with one attached hydrogen (secondary N) is 2. The standard InChI is InChI=1S/C16H20N4O/c1-12-18-11-15(20(12)14-5-3-2-4-6-14)10-17-9-13-7-8-16(21)19-13/h2-6,11,13,17H,7-10H2,1H3,(H,19,21). The number of para-hydroxylation sites is 1. The lowest BCUT2D eigenvalue weighted by Gasteiger charge is -2.13. The van der Waals surface area contributed by atoms with Gasteiger partial charge in [-0.15, -0.1) is 0 Å². The van der Waals surface area contributed by atoms with Gasteiger partial charge in [-0.05, 0) is 25.5 Å². The van der Waals surface area contributed by atoms with Crippen molar-refractivity contribution in [3.05, 3.63) is 48.0 Å². The molecule has 0 aliphatic carbocycles. The molecule has 1 aliphatic heterocycles.